The van der Waals surface area contributed by atoms with Crippen molar-refractivity contribution in [1.82, 2.24) is 0 Å². The number of hydrogen-bond donors (Lipinski definition) is 1. The summed E-state index contributed by atoms with van der Waals surface area (Å²) in [5.74, 6) is 0.495. The second kappa shape index (κ2) is 2.72. The van der Waals surface area contributed by atoms with E-state index in [2.05, 4.69) is 0 Å². The number of fused-ring (bicyclic) bond motifs is 1. The molecule has 1 aromatic rings. The molecular formula is C10H11NO. The third kappa shape index (κ3) is 0.959. The van der Waals surface area contributed by atoms with Crippen LogP contribution in [0, 0.1) is 0 Å². The molecule has 2 rings (SSSR count). The van der Waals surface area contributed by atoms with Gasteiger partial charge in [-0.2, -0.15) is 0 Å². The van der Waals surface area contributed by atoms with Gasteiger partial charge in [-0.3, -0.25) is 4.79 Å². The Balaban J connectivity index is 2.50. The van der Waals surface area contributed by atoms with E-state index in [1.807, 2.05) is 24.3 Å². The summed E-state index contributed by atoms with van der Waals surface area (Å²) in [5.41, 5.74) is 7.56. The number of carbonyl (C=O) groups is 1. The van der Waals surface area contributed by atoms with E-state index in [0.29, 0.717) is 13.0 Å². The molecule has 1 atom stereocenters. The van der Waals surface area contributed by atoms with Crippen molar-refractivity contribution in [3.8, 4) is 0 Å². The number of Topliss-reactive ketones (excluding diaryl/α,β-unsaturated/α-hetero) is 1. The van der Waals surface area contributed by atoms with Crippen LogP contribution >= 0.6 is 0 Å². The minimum absolute atomic E-state index is 0.237. The van der Waals surface area contributed by atoms with Crippen LogP contribution in [0.15, 0.2) is 24.3 Å². The lowest BCUT2D eigenvalue weighted by Crippen LogP contribution is -2.09. The van der Waals surface area contributed by atoms with Crippen LogP contribution in [0.4, 0.5) is 0 Å². The third-order valence-corrected chi connectivity index (χ3v) is 2.42. The second-order valence-corrected chi connectivity index (χ2v) is 3.15. The van der Waals surface area contributed by atoms with Gasteiger partial charge in [0.1, 0.15) is 0 Å². The molecule has 62 valence electrons. The summed E-state index contributed by atoms with van der Waals surface area (Å²) >= 11 is 0. The van der Waals surface area contributed by atoms with Crippen molar-refractivity contribution in [2.45, 2.75) is 12.3 Å². The van der Waals surface area contributed by atoms with E-state index >= 15 is 0 Å². The highest BCUT2D eigenvalue weighted by Gasteiger charge is 2.27. The summed E-state index contributed by atoms with van der Waals surface area (Å²) in [6.45, 7) is 0.572. The van der Waals surface area contributed by atoms with Crippen molar-refractivity contribution < 1.29 is 4.79 Å². The predicted molar refractivity (Wildman–Crippen MR) is 47.2 cm³/mol. The van der Waals surface area contributed by atoms with Crippen LogP contribution in [-0.2, 0) is 0 Å². The fourth-order valence-electron chi connectivity index (χ4n) is 1.76. The molecule has 1 aromatic carbocycles. The van der Waals surface area contributed by atoms with Gasteiger partial charge < -0.3 is 5.73 Å². The molecule has 2 N–H and O–H groups in total. The van der Waals surface area contributed by atoms with Crippen molar-refractivity contribution in [2.75, 3.05) is 6.54 Å². The first-order chi connectivity index (χ1) is 5.83. The Morgan fingerprint density at radius 3 is 2.92 bits per heavy atom. The highest BCUT2D eigenvalue weighted by Crippen LogP contribution is 2.31. The first kappa shape index (κ1) is 7.50. The Kier molecular flexibility index (Phi) is 1.70. The smallest absolute Gasteiger partial charge is 0.163 e. The van der Waals surface area contributed by atoms with E-state index < -0.39 is 0 Å². The van der Waals surface area contributed by atoms with Gasteiger partial charge in [0, 0.05) is 17.9 Å². The highest BCUT2D eigenvalue weighted by molar-refractivity contribution is 6.01. The molecule has 0 radical (unpaired) electrons. The lowest BCUT2D eigenvalue weighted by Gasteiger charge is -2.04. The minimum atomic E-state index is 0.237. The molecule has 0 aliphatic heterocycles. The molecular weight excluding hydrogens is 150 g/mol. The molecule has 0 saturated heterocycles. The zero-order chi connectivity index (χ0) is 8.55. The molecule has 2 heteroatoms. The standard InChI is InChI=1S/C10H11NO/c11-6-7-5-10(12)9-4-2-1-3-8(7)9/h1-4,7H,5-6,11H2. The number of nitrogens with two attached hydrogens (primary N) is 1. The lowest BCUT2D eigenvalue weighted by molar-refractivity contribution is 0.0989. The zero-order valence-electron chi connectivity index (χ0n) is 6.79. The molecule has 1 unspecified atom stereocenters. The average molecular weight is 161 g/mol. The lowest BCUT2D eigenvalue weighted by atomic mass is 10.0. The highest BCUT2D eigenvalue weighted by atomic mass is 16.1. The molecule has 0 aromatic heterocycles. The molecule has 2 nitrogen and oxygen atoms in total. The average Bonchev–Trinajstić information content (AvgIpc) is 2.44. The summed E-state index contributed by atoms with van der Waals surface area (Å²) in [6.07, 6.45) is 0.593. The normalized spacial score (nSPS) is 21.1. The Hall–Kier alpha value is -1.15. The van der Waals surface area contributed by atoms with Crippen LogP contribution in [0.5, 0.6) is 0 Å². The van der Waals surface area contributed by atoms with E-state index in [9.17, 15) is 4.79 Å². The second-order valence-electron chi connectivity index (χ2n) is 3.15. The Morgan fingerprint density at radius 1 is 1.42 bits per heavy atom. The Morgan fingerprint density at radius 2 is 2.17 bits per heavy atom. The van der Waals surface area contributed by atoms with Gasteiger partial charge >= 0.3 is 0 Å². The van der Waals surface area contributed by atoms with Gasteiger partial charge in [-0.1, -0.05) is 24.3 Å². The van der Waals surface area contributed by atoms with Gasteiger partial charge in [0.2, 0.25) is 0 Å². The zero-order valence-corrected chi connectivity index (χ0v) is 6.79. The monoisotopic (exact) mass is 161 g/mol. The topological polar surface area (TPSA) is 43.1 Å². The number of benzene rings is 1. The molecule has 0 saturated carbocycles. The maximum atomic E-state index is 11.4. The largest absolute Gasteiger partial charge is 0.330 e. The summed E-state index contributed by atoms with van der Waals surface area (Å²) in [6, 6.07) is 7.74. The number of carbonyl (C=O) groups excluding carboxylic acids is 1. The fourth-order valence-corrected chi connectivity index (χ4v) is 1.76. The number of hydrogen-bond acceptors (Lipinski definition) is 2. The fraction of sp³-hybridized carbons (Fsp3) is 0.300. The van der Waals surface area contributed by atoms with E-state index in [1.165, 1.54) is 0 Å². The minimum Gasteiger partial charge on any atom is -0.330 e. The van der Waals surface area contributed by atoms with Gasteiger partial charge in [0.25, 0.3) is 0 Å². The van der Waals surface area contributed by atoms with Gasteiger partial charge in [0.05, 0.1) is 0 Å². The van der Waals surface area contributed by atoms with Crippen molar-refractivity contribution in [3.63, 3.8) is 0 Å². The predicted octanol–water partition coefficient (Wildman–Crippen LogP) is 1.32. The van der Waals surface area contributed by atoms with Gasteiger partial charge in [-0.05, 0) is 12.1 Å². The van der Waals surface area contributed by atoms with Crippen molar-refractivity contribution in [1.29, 1.82) is 0 Å². The number of ketones is 1. The van der Waals surface area contributed by atoms with Gasteiger partial charge in [-0.15, -0.1) is 0 Å². The van der Waals surface area contributed by atoms with E-state index in [1.54, 1.807) is 0 Å². The van der Waals surface area contributed by atoms with Crippen LogP contribution in [0.25, 0.3) is 0 Å². The van der Waals surface area contributed by atoms with E-state index in [4.69, 9.17) is 5.73 Å². The van der Waals surface area contributed by atoms with Crippen LogP contribution < -0.4 is 5.73 Å². The van der Waals surface area contributed by atoms with Crippen LogP contribution in [-0.4, -0.2) is 12.3 Å². The maximum absolute atomic E-state index is 11.4. The van der Waals surface area contributed by atoms with E-state index in [0.717, 1.165) is 11.1 Å². The third-order valence-electron chi connectivity index (χ3n) is 2.42. The Bertz CT molecular complexity index is 319. The molecule has 0 amide bonds. The van der Waals surface area contributed by atoms with Crippen LogP contribution in [0.3, 0.4) is 0 Å². The Labute approximate surface area is 71.4 Å². The summed E-state index contributed by atoms with van der Waals surface area (Å²) < 4.78 is 0. The summed E-state index contributed by atoms with van der Waals surface area (Å²) in [4.78, 5) is 11.4. The van der Waals surface area contributed by atoms with Crippen LogP contribution in [0.2, 0.25) is 0 Å². The molecule has 12 heavy (non-hydrogen) atoms. The van der Waals surface area contributed by atoms with Crippen molar-refractivity contribution in [2.24, 2.45) is 5.73 Å². The van der Waals surface area contributed by atoms with Gasteiger partial charge in [0.15, 0.2) is 5.78 Å². The first-order valence-electron chi connectivity index (χ1n) is 4.15. The molecule has 0 heterocycles. The quantitative estimate of drug-likeness (QED) is 0.675. The molecule has 0 fully saturated rings. The summed E-state index contributed by atoms with van der Waals surface area (Å²) in [5, 5.41) is 0. The van der Waals surface area contributed by atoms with Gasteiger partial charge in [-0.25, -0.2) is 0 Å². The maximum Gasteiger partial charge on any atom is 0.163 e. The first-order valence-corrected chi connectivity index (χ1v) is 4.15. The van der Waals surface area contributed by atoms with Crippen LogP contribution in [0.1, 0.15) is 28.3 Å². The molecule has 1 aliphatic carbocycles. The molecule has 0 bridgehead atoms. The van der Waals surface area contributed by atoms with E-state index in [-0.39, 0.29) is 11.7 Å². The molecule has 1 aliphatic rings. The van der Waals surface area contributed by atoms with Crippen molar-refractivity contribution in [3.05, 3.63) is 35.4 Å². The number of rotatable bonds is 1. The molecule has 0 spiro atoms. The summed E-state index contributed by atoms with van der Waals surface area (Å²) in [7, 11) is 0. The SMILES string of the molecule is NCC1CC(=O)c2ccccc21. The van der Waals surface area contributed by atoms with Crippen molar-refractivity contribution >= 4 is 5.78 Å².